The topological polar surface area (TPSA) is 46.5 Å². The van der Waals surface area contributed by atoms with Crippen molar-refractivity contribution in [3.8, 4) is 0 Å². The van der Waals surface area contributed by atoms with Crippen LogP contribution >= 0.6 is 12.2 Å². The molecule has 1 rings (SSSR count). The first-order valence-electron chi connectivity index (χ1n) is 3.04. The maximum atomic E-state index is 11.7. The molecule has 1 aromatic rings. The maximum Gasteiger partial charge on any atom is 0.390 e. The van der Waals surface area contributed by atoms with Gasteiger partial charge in [-0.3, -0.25) is 0 Å². The zero-order chi connectivity index (χ0) is 9.19. The minimum Gasteiger partial charge on any atom is -0.242 e. The summed E-state index contributed by atoms with van der Waals surface area (Å²) in [6, 6.07) is 0. The molecule has 0 aliphatic rings. The molecule has 0 radical (unpaired) electrons. The van der Waals surface area contributed by atoms with Gasteiger partial charge in [-0.25, -0.2) is 4.68 Å². The highest BCUT2D eigenvalue weighted by Gasteiger charge is 2.26. The molecule has 1 N–H and O–H groups in total. The minimum atomic E-state index is -4.18. The van der Waals surface area contributed by atoms with E-state index < -0.39 is 12.6 Å². The summed E-state index contributed by atoms with van der Waals surface area (Å²) in [6.45, 7) is -0.269. The average molecular weight is 198 g/mol. The third kappa shape index (κ3) is 2.61. The van der Waals surface area contributed by atoms with E-state index in [9.17, 15) is 13.2 Å². The van der Waals surface area contributed by atoms with Crippen LogP contribution in [0.3, 0.4) is 0 Å². The van der Waals surface area contributed by atoms with E-state index in [0.29, 0.717) is 0 Å². The van der Waals surface area contributed by atoms with Crippen molar-refractivity contribution >= 4 is 12.2 Å². The van der Waals surface area contributed by atoms with Gasteiger partial charge in [-0.2, -0.15) is 18.4 Å². The minimum absolute atomic E-state index is 0.0271. The number of rotatable bonds is 2. The molecular formula is C4H5F3N4S. The Kier molecular flexibility index (Phi) is 2.46. The molecule has 8 heteroatoms. The van der Waals surface area contributed by atoms with Crippen LogP contribution < -0.4 is 0 Å². The van der Waals surface area contributed by atoms with E-state index in [4.69, 9.17) is 0 Å². The smallest absolute Gasteiger partial charge is 0.242 e. The lowest BCUT2D eigenvalue weighted by atomic mass is 10.4. The van der Waals surface area contributed by atoms with Crippen LogP contribution in [0.15, 0.2) is 0 Å². The summed E-state index contributed by atoms with van der Waals surface area (Å²) in [7, 11) is 0. The fourth-order valence-electron chi connectivity index (χ4n) is 0.600. The average Bonchev–Trinajstić information content (AvgIpc) is 2.29. The van der Waals surface area contributed by atoms with E-state index in [1.165, 1.54) is 0 Å². The van der Waals surface area contributed by atoms with Crippen LogP contribution in [0.1, 0.15) is 6.42 Å². The molecule has 0 saturated heterocycles. The quantitative estimate of drug-likeness (QED) is 0.728. The summed E-state index contributed by atoms with van der Waals surface area (Å²) in [4.78, 5) is 0. The van der Waals surface area contributed by atoms with Gasteiger partial charge in [0.2, 0.25) is 4.77 Å². The molecule has 0 amide bonds. The fourth-order valence-corrected chi connectivity index (χ4v) is 0.773. The molecule has 68 valence electrons. The Morgan fingerprint density at radius 2 is 2.17 bits per heavy atom. The lowest BCUT2D eigenvalue weighted by Crippen LogP contribution is -2.13. The summed E-state index contributed by atoms with van der Waals surface area (Å²) < 4.78 is 36.1. The molecule has 1 aromatic heterocycles. The van der Waals surface area contributed by atoms with Gasteiger partial charge in [-0.05, 0) is 12.2 Å². The zero-order valence-corrected chi connectivity index (χ0v) is 6.61. The van der Waals surface area contributed by atoms with E-state index in [2.05, 4.69) is 27.7 Å². The van der Waals surface area contributed by atoms with Crippen molar-refractivity contribution in [2.45, 2.75) is 19.1 Å². The molecule has 0 atom stereocenters. The third-order valence-electron chi connectivity index (χ3n) is 1.15. The number of nitrogens with one attached hydrogen (secondary N) is 1. The largest absolute Gasteiger partial charge is 0.390 e. The van der Waals surface area contributed by atoms with Gasteiger partial charge >= 0.3 is 6.18 Å². The Morgan fingerprint density at radius 3 is 2.58 bits per heavy atom. The van der Waals surface area contributed by atoms with Crippen LogP contribution in [-0.2, 0) is 6.54 Å². The van der Waals surface area contributed by atoms with Gasteiger partial charge < -0.3 is 0 Å². The number of tetrazole rings is 1. The molecule has 0 aliphatic carbocycles. The van der Waals surface area contributed by atoms with Crippen LogP contribution in [0.4, 0.5) is 13.2 Å². The highest BCUT2D eigenvalue weighted by atomic mass is 32.1. The van der Waals surface area contributed by atoms with E-state index in [1.54, 1.807) is 0 Å². The van der Waals surface area contributed by atoms with Crippen molar-refractivity contribution < 1.29 is 13.2 Å². The van der Waals surface area contributed by atoms with Crippen LogP contribution in [0, 0.1) is 4.77 Å². The molecular weight excluding hydrogens is 193 g/mol. The fraction of sp³-hybridized carbons (Fsp3) is 0.750. The van der Waals surface area contributed by atoms with Gasteiger partial charge in [0.15, 0.2) is 0 Å². The molecule has 0 spiro atoms. The summed E-state index contributed by atoms with van der Waals surface area (Å²) in [5, 5.41) is 8.79. The highest BCUT2D eigenvalue weighted by molar-refractivity contribution is 7.71. The number of aromatic nitrogens is 4. The summed E-state index contributed by atoms with van der Waals surface area (Å²) >= 11 is 4.56. The van der Waals surface area contributed by atoms with Crippen LogP contribution in [0.2, 0.25) is 0 Å². The van der Waals surface area contributed by atoms with Crippen molar-refractivity contribution in [1.29, 1.82) is 0 Å². The van der Waals surface area contributed by atoms with Crippen molar-refractivity contribution in [1.82, 2.24) is 20.2 Å². The molecule has 0 aromatic carbocycles. The molecule has 1 heterocycles. The van der Waals surface area contributed by atoms with Gasteiger partial charge in [-0.15, -0.1) is 0 Å². The van der Waals surface area contributed by atoms with Crippen molar-refractivity contribution in [2.24, 2.45) is 0 Å². The maximum absolute atomic E-state index is 11.7. The normalized spacial score (nSPS) is 11.9. The van der Waals surface area contributed by atoms with Gasteiger partial charge in [0.1, 0.15) is 0 Å². The van der Waals surface area contributed by atoms with E-state index in [0.717, 1.165) is 4.68 Å². The monoisotopic (exact) mass is 198 g/mol. The van der Waals surface area contributed by atoms with Crippen molar-refractivity contribution in [3.63, 3.8) is 0 Å². The summed E-state index contributed by atoms with van der Waals surface area (Å²) in [5.41, 5.74) is 0. The lowest BCUT2D eigenvalue weighted by Gasteiger charge is -2.04. The first-order valence-corrected chi connectivity index (χ1v) is 3.44. The molecule has 0 fully saturated rings. The highest BCUT2D eigenvalue weighted by Crippen LogP contribution is 2.19. The Bertz CT molecular complexity index is 300. The SMILES string of the molecule is FC(F)(F)CCn1[nH]nnc1=S. The molecule has 0 aliphatic heterocycles. The van der Waals surface area contributed by atoms with Gasteiger partial charge in [0.25, 0.3) is 0 Å². The predicted molar refractivity (Wildman–Crippen MR) is 35.9 cm³/mol. The van der Waals surface area contributed by atoms with Crippen LogP contribution in [0.25, 0.3) is 0 Å². The molecule has 12 heavy (non-hydrogen) atoms. The second kappa shape index (κ2) is 3.21. The second-order valence-corrected chi connectivity index (χ2v) is 2.46. The Balaban J connectivity index is 2.55. The first kappa shape index (κ1) is 9.17. The summed E-state index contributed by atoms with van der Waals surface area (Å²) in [5.74, 6) is 0. The number of H-pyrrole nitrogens is 1. The Hall–Kier alpha value is -0.920. The van der Waals surface area contributed by atoms with E-state index in [-0.39, 0.29) is 11.3 Å². The molecule has 0 bridgehead atoms. The van der Waals surface area contributed by atoms with E-state index in [1.807, 2.05) is 0 Å². The van der Waals surface area contributed by atoms with Gasteiger partial charge in [0, 0.05) is 0 Å². The van der Waals surface area contributed by atoms with Gasteiger partial charge in [-0.1, -0.05) is 10.3 Å². The first-order chi connectivity index (χ1) is 5.49. The molecule has 4 nitrogen and oxygen atoms in total. The number of halogens is 3. The number of hydrogen-bond acceptors (Lipinski definition) is 3. The van der Waals surface area contributed by atoms with Crippen LogP contribution in [-0.4, -0.2) is 26.4 Å². The number of hydrogen-bond donors (Lipinski definition) is 1. The Labute approximate surface area is 70.4 Å². The molecule has 0 saturated carbocycles. The number of aromatic amines is 1. The summed E-state index contributed by atoms with van der Waals surface area (Å²) in [6.07, 6.45) is -5.12. The standard InChI is InChI=1S/C4H5F3N4S/c5-4(6,7)1-2-11-3(12)8-9-10-11/h1-2H2,(H,8,10,12). The van der Waals surface area contributed by atoms with Crippen LogP contribution in [0.5, 0.6) is 0 Å². The number of alkyl halides is 3. The Morgan fingerprint density at radius 1 is 1.50 bits per heavy atom. The third-order valence-corrected chi connectivity index (χ3v) is 1.45. The number of nitrogens with zero attached hydrogens (tertiary/aromatic N) is 3. The van der Waals surface area contributed by atoms with Crippen molar-refractivity contribution in [2.75, 3.05) is 0 Å². The van der Waals surface area contributed by atoms with Crippen molar-refractivity contribution in [3.05, 3.63) is 4.77 Å². The zero-order valence-electron chi connectivity index (χ0n) is 5.80. The second-order valence-electron chi connectivity index (χ2n) is 2.10. The molecule has 0 unspecified atom stereocenters. The van der Waals surface area contributed by atoms with E-state index >= 15 is 0 Å². The lowest BCUT2D eigenvalue weighted by molar-refractivity contribution is -0.137. The van der Waals surface area contributed by atoms with Gasteiger partial charge in [0.05, 0.1) is 13.0 Å². The predicted octanol–water partition coefficient (Wildman–Crippen LogP) is 1.29. The number of aryl methyl sites for hydroxylation is 1.